The van der Waals surface area contributed by atoms with Crippen molar-refractivity contribution in [1.82, 2.24) is 19.4 Å². The van der Waals surface area contributed by atoms with Gasteiger partial charge in [0.25, 0.3) is 0 Å². The maximum atomic E-state index is 13.7. The molecular weight excluding hydrogens is 508 g/mol. The molecule has 0 saturated heterocycles. The average molecular weight is 541 g/mol. The van der Waals surface area contributed by atoms with Crippen LogP contribution in [0.25, 0.3) is 21.8 Å². The summed E-state index contributed by atoms with van der Waals surface area (Å²) in [5.41, 5.74) is 2.69. The van der Waals surface area contributed by atoms with Gasteiger partial charge in [-0.15, -0.1) is 0 Å². The van der Waals surface area contributed by atoms with E-state index in [1.165, 1.54) is 0 Å². The van der Waals surface area contributed by atoms with Crippen molar-refractivity contribution in [2.75, 3.05) is 0 Å². The maximum Gasteiger partial charge on any atom is 0.243 e. The summed E-state index contributed by atoms with van der Waals surface area (Å²) in [6, 6.07) is 12.4. The van der Waals surface area contributed by atoms with Crippen molar-refractivity contribution in [1.29, 1.82) is 0 Å². The molecule has 0 atom stereocenters. The minimum absolute atomic E-state index is 0.0240. The highest BCUT2D eigenvalue weighted by atomic mass is 32.2. The molecule has 0 aliphatic carbocycles. The van der Waals surface area contributed by atoms with Gasteiger partial charge in [-0.3, -0.25) is 4.98 Å². The van der Waals surface area contributed by atoms with Gasteiger partial charge in [-0.2, -0.15) is 0 Å². The second-order valence-corrected chi connectivity index (χ2v) is 15.2. The van der Waals surface area contributed by atoms with E-state index in [1.54, 1.807) is 30.3 Å². The zero-order valence-electron chi connectivity index (χ0n) is 21.9. The van der Waals surface area contributed by atoms with Crippen LogP contribution < -0.4 is 9.44 Å². The first kappa shape index (κ1) is 25.8. The Morgan fingerprint density at radius 2 is 1.08 bits per heavy atom. The molecule has 37 heavy (non-hydrogen) atoms. The Morgan fingerprint density at radius 3 is 1.46 bits per heavy atom. The van der Waals surface area contributed by atoms with E-state index in [9.17, 15) is 16.8 Å². The van der Waals surface area contributed by atoms with Crippen LogP contribution in [0.1, 0.15) is 64.1 Å². The lowest BCUT2D eigenvalue weighted by molar-refractivity contribution is 0.576. The third kappa shape index (κ3) is 4.67. The summed E-state index contributed by atoms with van der Waals surface area (Å²) in [7, 11) is -7.97. The molecule has 2 aromatic heterocycles. The number of aromatic amines is 1. The average Bonchev–Trinajstić information content (AvgIpc) is 3.17. The molecule has 4 aromatic rings. The van der Waals surface area contributed by atoms with Gasteiger partial charge in [-0.1, -0.05) is 47.6 Å². The zero-order chi connectivity index (χ0) is 27.0. The second-order valence-electron chi connectivity index (χ2n) is 11.7. The molecule has 0 saturated carbocycles. The minimum Gasteiger partial charge on any atom is -0.352 e. The van der Waals surface area contributed by atoms with Crippen LogP contribution >= 0.6 is 0 Å². The highest BCUT2D eigenvalue weighted by molar-refractivity contribution is 7.90. The predicted octanol–water partition coefficient (Wildman–Crippen LogP) is 4.58. The zero-order valence-corrected chi connectivity index (χ0v) is 23.5. The van der Waals surface area contributed by atoms with E-state index in [2.05, 4.69) is 19.4 Å². The second kappa shape index (κ2) is 8.36. The summed E-state index contributed by atoms with van der Waals surface area (Å²) >= 11 is 0. The number of H-pyrrole nitrogens is 1. The molecular formula is C27H32N4O4S2. The van der Waals surface area contributed by atoms with Gasteiger partial charge in [0.2, 0.25) is 20.0 Å². The van der Waals surface area contributed by atoms with Crippen LogP contribution in [0.4, 0.5) is 0 Å². The molecule has 8 nitrogen and oxygen atoms in total. The lowest BCUT2D eigenvalue weighted by Crippen LogP contribution is -2.26. The number of hydrogen-bond acceptors (Lipinski definition) is 5. The lowest BCUT2D eigenvalue weighted by atomic mass is 9.85. The van der Waals surface area contributed by atoms with Crippen molar-refractivity contribution in [3.05, 3.63) is 65.0 Å². The molecule has 196 valence electrons. The summed E-state index contributed by atoms with van der Waals surface area (Å²) < 4.78 is 60.2. The Kier molecular flexibility index (Phi) is 5.84. The number of rotatable bonds is 0. The first-order valence-electron chi connectivity index (χ1n) is 12.1. The van der Waals surface area contributed by atoms with Crippen LogP contribution in [-0.4, -0.2) is 26.8 Å². The fourth-order valence-corrected chi connectivity index (χ4v) is 6.96. The number of hydrogen-bond donors (Lipinski definition) is 3. The van der Waals surface area contributed by atoms with Crippen LogP contribution in [-0.2, 0) is 44.0 Å². The van der Waals surface area contributed by atoms with Gasteiger partial charge >= 0.3 is 0 Å². The SMILES string of the molecule is CC(C)(C)c1cc2c3[nH]c4c(cc(C(C)(C)C)cc4c3c1)S(=O)(=O)NCc1cccc(n1)CNS2(=O)=O. The van der Waals surface area contributed by atoms with Crippen LogP contribution in [0, 0.1) is 0 Å². The highest BCUT2D eigenvalue weighted by Gasteiger charge is 2.29. The van der Waals surface area contributed by atoms with E-state index < -0.39 is 20.0 Å². The highest BCUT2D eigenvalue weighted by Crippen LogP contribution is 2.39. The summed E-state index contributed by atoms with van der Waals surface area (Å²) in [5, 5.41) is 1.33. The van der Waals surface area contributed by atoms with Crippen molar-refractivity contribution in [2.45, 2.75) is 75.3 Å². The maximum absolute atomic E-state index is 13.7. The Labute approximate surface area is 218 Å². The van der Waals surface area contributed by atoms with Crippen molar-refractivity contribution >= 4 is 41.9 Å². The van der Waals surface area contributed by atoms with Crippen LogP contribution in [0.3, 0.4) is 0 Å². The predicted molar refractivity (Wildman–Crippen MR) is 145 cm³/mol. The first-order chi connectivity index (χ1) is 17.1. The minimum atomic E-state index is -3.98. The van der Waals surface area contributed by atoms with Gasteiger partial charge in [0.05, 0.1) is 35.5 Å². The summed E-state index contributed by atoms with van der Waals surface area (Å²) in [6.45, 7) is 12.1. The molecule has 0 radical (unpaired) electrons. The number of nitrogens with one attached hydrogen (secondary N) is 3. The summed E-state index contributed by atoms with van der Waals surface area (Å²) in [6.07, 6.45) is 0. The third-order valence-corrected chi connectivity index (χ3v) is 9.66. The number of nitrogens with zero attached hydrogens (tertiary/aromatic N) is 1. The topological polar surface area (TPSA) is 121 Å². The largest absolute Gasteiger partial charge is 0.352 e. The smallest absolute Gasteiger partial charge is 0.243 e. The Bertz CT molecular complexity index is 1650. The number of fused-ring (bicyclic) bond motifs is 3. The van der Waals surface area contributed by atoms with Crippen molar-refractivity contribution in [3.8, 4) is 0 Å². The molecule has 0 spiro atoms. The monoisotopic (exact) mass is 540 g/mol. The number of sulfonamides is 2. The molecule has 0 amide bonds. The lowest BCUT2D eigenvalue weighted by Gasteiger charge is -2.21. The molecule has 5 rings (SSSR count). The van der Waals surface area contributed by atoms with E-state index in [0.29, 0.717) is 33.2 Å². The molecule has 3 N–H and O–H groups in total. The van der Waals surface area contributed by atoms with E-state index in [0.717, 1.165) is 11.1 Å². The molecule has 0 fully saturated rings. The first-order valence-corrected chi connectivity index (χ1v) is 15.1. The molecule has 0 unspecified atom stereocenters. The Morgan fingerprint density at radius 1 is 0.676 bits per heavy atom. The van der Waals surface area contributed by atoms with Gasteiger partial charge in [-0.25, -0.2) is 26.3 Å². The molecule has 1 aliphatic rings. The fourth-order valence-electron chi connectivity index (χ4n) is 4.55. The van der Waals surface area contributed by atoms with Gasteiger partial charge in [-0.05, 0) is 58.4 Å². The molecule has 1 aliphatic heterocycles. The Hall–Kier alpha value is -2.79. The quantitative estimate of drug-likeness (QED) is 0.301. The fraction of sp³-hybridized carbons (Fsp3) is 0.370. The third-order valence-electron chi connectivity index (χ3n) is 6.81. The van der Waals surface area contributed by atoms with Crippen molar-refractivity contribution in [3.63, 3.8) is 0 Å². The van der Waals surface area contributed by atoms with Gasteiger partial charge < -0.3 is 4.98 Å². The Balaban J connectivity index is 1.95. The molecule has 2 aromatic carbocycles. The molecule has 4 bridgehead atoms. The van der Waals surface area contributed by atoms with Crippen LogP contribution in [0.2, 0.25) is 0 Å². The van der Waals surface area contributed by atoms with E-state index >= 15 is 0 Å². The van der Waals surface area contributed by atoms with E-state index in [-0.39, 0.29) is 33.7 Å². The van der Waals surface area contributed by atoms with Crippen LogP contribution in [0.15, 0.2) is 52.3 Å². The molecule has 3 heterocycles. The normalized spacial score (nSPS) is 17.9. The standard InChI is InChI=1S/C27H32N4O4S2/c1-26(2,3)16-10-20-21-11-17(27(4,5)6)13-23-25(21)31-24(20)22(12-16)36(32,33)28-14-18-8-7-9-19(30-18)15-29-37(23,34)35/h7-13,28-29,31H,14-15H2,1-6H3. The molecule has 10 heteroatoms. The van der Waals surface area contributed by atoms with E-state index in [4.69, 9.17) is 0 Å². The number of pyridine rings is 1. The van der Waals surface area contributed by atoms with Crippen molar-refractivity contribution < 1.29 is 16.8 Å². The van der Waals surface area contributed by atoms with Gasteiger partial charge in [0.15, 0.2) is 0 Å². The number of aromatic nitrogens is 2. The van der Waals surface area contributed by atoms with E-state index in [1.807, 2.05) is 53.7 Å². The van der Waals surface area contributed by atoms with Crippen molar-refractivity contribution in [2.24, 2.45) is 0 Å². The summed E-state index contributed by atoms with van der Waals surface area (Å²) in [4.78, 5) is 7.80. The van der Waals surface area contributed by atoms with Gasteiger partial charge in [0, 0.05) is 10.8 Å². The van der Waals surface area contributed by atoms with Gasteiger partial charge in [0.1, 0.15) is 9.79 Å². The summed E-state index contributed by atoms with van der Waals surface area (Å²) in [5.74, 6) is 0. The van der Waals surface area contributed by atoms with Crippen LogP contribution in [0.5, 0.6) is 0 Å². The number of benzene rings is 2.